The second-order valence-corrected chi connectivity index (χ2v) is 7.21. The molecule has 0 amide bonds. The van der Waals surface area contributed by atoms with Crippen LogP contribution in [0.5, 0.6) is 0 Å². The molecule has 0 aliphatic rings. The Bertz CT molecular complexity index is 866. The molecule has 23 heavy (non-hydrogen) atoms. The molecule has 6 nitrogen and oxygen atoms in total. The van der Waals surface area contributed by atoms with E-state index in [4.69, 9.17) is 0 Å². The van der Waals surface area contributed by atoms with Gasteiger partial charge >= 0.3 is 0 Å². The maximum absolute atomic E-state index is 12.7. The molecule has 0 saturated carbocycles. The monoisotopic (exact) mass is 334 g/mol. The molecule has 0 saturated heterocycles. The van der Waals surface area contributed by atoms with Crippen LogP contribution in [-0.2, 0) is 10.0 Å². The molecule has 7 heteroatoms. The van der Waals surface area contributed by atoms with Gasteiger partial charge in [-0.05, 0) is 44.4 Å². The maximum atomic E-state index is 12.7. The molecule has 0 aliphatic heterocycles. The van der Waals surface area contributed by atoms with Gasteiger partial charge in [-0.25, -0.2) is 8.42 Å². The van der Waals surface area contributed by atoms with Crippen LogP contribution in [0.3, 0.4) is 0 Å². The highest BCUT2D eigenvalue weighted by molar-refractivity contribution is 7.92. The summed E-state index contributed by atoms with van der Waals surface area (Å²) in [5, 5.41) is 10.9. The molecule has 0 atom stereocenters. The Hall–Kier alpha value is -2.41. The van der Waals surface area contributed by atoms with Gasteiger partial charge in [0.25, 0.3) is 15.7 Å². The van der Waals surface area contributed by atoms with Crippen molar-refractivity contribution in [3.63, 3.8) is 0 Å². The van der Waals surface area contributed by atoms with Crippen LogP contribution in [0.1, 0.15) is 22.3 Å². The minimum atomic E-state index is -3.83. The predicted molar refractivity (Wildman–Crippen MR) is 89.3 cm³/mol. The fraction of sp³-hybridized carbons (Fsp3) is 0.250. The third-order valence-electron chi connectivity index (χ3n) is 3.55. The number of nitro groups is 1. The standard InChI is InChI=1S/C16H18N2O4S/c1-10-7-12(3)16(13(4)8-10)23(21,22)17-15-9-14(18(19)20)6-5-11(15)2/h5-9,17H,1-4H3. The van der Waals surface area contributed by atoms with Crippen molar-refractivity contribution >= 4 is 21.4 Å². The summed E-state index contributed by atoms with van der Waals surface area (Å²) in [5.41, 5.74) is 2.91. The first-order chi connectivity index (χ1) is 10.6. The first-order valence-corrected chi connectivity index (χ1v) is 8.46. The first kappa shape index (κ1) is 17.0. The lowest BCUT2D eigenvalue weighted by Gasteiger charge is -2.15. The second-order valence-electron chi connectivity index (χ2n) is 5.59. The van der Waals surface area contributed by atoms with Crippen LogP contribution >= 0.6 is 0 Å². The number of sulfonamides is 1. The summed E-state index contributed by atoms with van der Waals surface area (Å²) < 4.78 is 27.9. The number of hydrogen-bond acceptors (Lipinski definition) is 4. The largest absolute Gasteiger partial charge is 0.279 e. The van der Waals surface area contributed by atoms with E-state index in [1.54, 1.807) is 32.9 Å². The van der Waals surface area contributed by atoms with E-state index in [-0.39, 0.29) is 16.3 Å². The SMILES string of the molecule is Cc1cc(C)c(S(=O)(=O)Nc2cc([N+](=O)[O-])ccc2C)c(C)c1. The van der Waals surface area contributed by atoms with E-state index in [0.717, 1.165) is 5.56 Å². The zero-order chi connectivity index (χ0) is 17.4. The van der Waals surface area contributed by atoms with Crippen molar-refractivity contribution in [1.82, 2.24) is 0 Å². The van der Waals surface area contributed by atoms with Crippen LogP contribution in [0.2, 0.25) is 0 Å². The van der Waals surface area contributed by atoms with Crippen molar-refractivity contribution in [3.8, 4) is 0 Å². The van der Waals surface area contributed by atoms with Crippen LogP contribution in [0.25, 0.3) is 0 Å². The molecule has 0 aromatic heterocycles. The van der Waals surface area contributed by atoms with Gasteiger partial charge in [-0.3, -0.25) is 14.8 Å². The summed E-state index contributed by atoms with van der Waals surface area (Å²) in [6.45, 7) is 7.05. The molecular weight excluding hydrogens is 316 g/mol. The summed E-state index contributed by atoms with van der Waals surface area (Å²) >= 11 is 0. The number of hydrogen-bond donors (Lipinski definition) is 1. The third kappa shape index (κ3) is 3.50. The predicted octanol–water partition coefficient (Wildman–Crippen LogP) is 3.63. The molecule has 0 fully saturated rings. The normalized spacial score (nSPS) is 11.3. The van der Waals surface area contributed by atoms with Crippen LogP contribution in [0.4, 0.5) is 11.4 Å². The van der Waals surface area contributed by atoms with E-state index in [0.29, 0.717) is 16.7 Å². The number of non-ortho nitro benzene ring substituents is 1. The topological polar surface area (TPSA) is 89.3 Å². The molecule has 0 spiro atoms. The summed E-state index contributed by atoms with van der Waals surface area (Å²) in [6, 6.07) is 7.68. The van der Waals surface area contributed by atoms with Gasteiger partial charge in [-0.15, -0.1) is 0 Å². The molecular formula is C16H18N2O4S. The Balaban J connectivity index is 2.52. The van der Waals surface area contributed by atoms with Gasteiger partial charge in [0.2, 0.25) is 0 Å². The summed E-state index contributed by atoms with van der Waals surface area (Å²) in [7, 11) is -3.83. The second kappa shape index (κ2) is 6.00. The molecule has 2 aromatic rings. The van der Waals surface area contributed by atoms with Gasteiger partial charge in [0.1, 0.15) is 0 Å². The van der Waals surface area contributed by atoms with Crippen molar-refractivity contribution in [3.05, 3.63) is 62.7 Å². The molecule has 122 valence electrons. The Morgan fingerprint density at radius 2 is 1.52 bits per heavy atom. The van der Waals surface area contributed by atoms with Crippen molar-refractivity contribution in [2.45, 2.75) is 32.6 Å². The average Bonchev–Trinajstić information content (AvgIpc) is 2.39. The number of nitro benzene ring substituents is 1. The fourth-order valence-electron chi connectivity index (χ4n) is 2.62. The van der Waals surface area contributed by atoms with Crippen molar-refractivity contribution in [1.29, 1.82) is 0 Å². The van der Waals surface area contributed by atoms with E-state index in [2.05, 4.69) is 4.72 Å². The number of nitrogens with one attached hydrogen (secondary N) is 1. The smallest absolute Gasteiger partial charge is 0.271 e. The number of anilines is 1. The molecule has 2 aromatic carbocycles. The van der Waals surface area contributed by atoms with Gasteiger partial charge in [0, 0.05) is 12.1 Å². The number of benzene rings is 2. The lowest BCUT2D eigenvalue weighted by molar-refractivity contribution is -0.384. The van der Waals surface area contributed by atoms with Crippen LogP contribution in [-0.4, -0.2) is 13.3 Å². The lowest BCUT2D eigenvalue weighted by atomic mass is 10.1. The number of nitrogens with zero attached hydrogens (tertiary/aromatic N) is 1. The Kier molecular flexibility index (Phi) is 4.42. The molecule has 0 radical (unpaired) electrons. The fourth-order valence-corrected chi connectivity index (χ4v) is 4.20. The minimum Gasteiger partial charge on any atom is -0.279 e. The average molecular weight is 334 g/mol. The Labute approximate surface area is 135 Å². The van der Waals surface area contributed by atoms with Gasteiger partial charge in [-0.1, -0.05) is 23.8 Å². The van der Waals surface area contributed by atoms with E-state index in [1.807, 2.05) is 6.92 Å². The first-order valence-electron chi connectivity index (χ1n) is 6.97. The van der Waals surface area contributed by atoms with Crippen LogP contribution < -0.4 is 4.72 Å². The van der Waals surface area contributed by atoms with E-state index >= 15 is 0 Å². The Morgan fingerprint density at radius 3 is 2.04 bits per heavy atom. The maximum Gasteiger partial charge on any atom is 0.271 e. The highest BCUT2D eigenvalue weighted by atomic mass is 32.2. The van der Waals surface area contributed by atoms with E-state index in [1.165, 1.54) is 18.2 Å². The highest BCUT2D eigenvalue weighted by Gasteiger charge is 2.21. The van der Waals surface area contributed by atoms with Crippen LogP contribution in [0.15, 0.2) is 35.2 Å². The van der Waals surface area contributed by atoms with Crippen molar-refractivity contribution < 1.29 is 13.3 Å². The molecule has 0 heterocycles. The van der Waals surface area contributed by atoms with Crippen molar-refractivity contribution in [2.24, 2.45) is 0 Å². The zero-order valence-corrected chi connectivity index (χ0v) is 14.2. The highest BCUT2D eigenvalue weighted by Crippen LogP contribution is 2.27. The number of aryl methyl sites for hydroxylation is 4. The summed E-state index contributed by atoms with van der Waals surface area (Å²) in [4.78, 5) is 10.5. The van der Waals surface area contributed by atoms with Gasteiger partial charge < -0.3 is 0 Å². The zero-order valence-electron chi connectivity index (χ0n) is 13.4. The molecule has 0 aliphatic carbocycles. The van der Waals surface area contributed by atoms with Gasteiger partial charge in [-0.2, -0.15) is 0 Å². The lowest BCUT2D eigenvalue weighted by Crippen LogP contribution is -2.16. The number of rotatable bonds is 4. The molecule has 0 unspecified atom stereocenters. The summed E-state index contributed by atoms with van der Waals surface area (Å²) in [6.07, 6.45) is 0. The van der Waals surface area contributed by atoms with Crippen LogP contribution in [0, 0.1) is 37.8 Å². The van der Waals surface area contributed by atoms with E-state index in [9.17, 15) is 18.5 Å². The molecule has 1 N–H and O–H groups in total. The van der Waals surface area contributed by atoms with Gasteiger partial charge in [0.15, 0.2) is 0 Å². The minimum absolute atomic E-state index is 0.161. The molecule has 0 bridgehead atoms. The van der Waals surface area contributed by atoms with Gasteiger partial charge in [0.05, 0.1) is 15.5 Å². The van der Waals surface area contributed by atoms with E-state index < -0.39 is 14.9 Å². The molecule has 2 rings (SSSR count). The Morgan fingerprint density at radius 1 is 0.957 bits per heavy atom. The summed E-state index contributed by atoms with van der Waals surface area (Å²) in [5.74, 6) is 0. The van der Waals surface area contributed by atoms with Crippen molar-refractivity contribution in [2.75, 3.05) is 4.72 Å². The third-order valence-corrected chi connectivity index (χ3v) is 5.22. The quantitative estimate of drug-likeness (QED) is 0.683.